The normalized spacial score (nSPS) is 12.3. The van der Waals surface area contributed by atoms with E-state index in [9.17, 15) is 25.9 Å². The highest BCUT2D eigenvalue weighted by Gasteiger charge is 2.34. The van der Waals surface area contributed by atoms with Crippen LogP contribution in [0.4, 0.5) is 0 Å². The lowest BCUT2D eigenvalue weighted by Crippen LogP contribution is -2.13. The molecule has 0 aliphatic rings. The fourth-order valence-electron chi connectivity index (χ4n) is 2.38. The summed E-state index contributed by atoms with van der Waals surface area (Å²) in [5, 5.41) is 0.113. The van der Waals surface area contributed by atoms with Crippen molar-refractivity contribution < 1.29 is 35.4 Å². The molecule has 0 aliphatic heterocycles. The van der Waals surface area contributed by atoms with Gasteiger partial charge in [0.25, 0.3) is 20.2 Å². The topological polar surface area (TPSA) is 127 Å². The molecule has 0 saturated heterocycles. The summed E-state index contributed by atoms with van der Waals surface area (Å²) in [6.45, 7) is 3.31. The molecule has 2 aromatic rings. The second kappa shape index (κ2) is 6.55. The van der Waals surface area contributed by atoms with Crippen molar-refractivity contribution in [2.24, 2.45) is 0 Å². The van der Waals surface area contributed by atoms with Gasteiger partial charge in [0.05, 0.1) is 13.2 Å². The highest BCUT2D eigenvalue weighted by atomic mass is 32.2. The molecule has 8 nitrogen and oxygen atoms in total. The average Bonchev–Trinajstić information content (AvgIpc) is 2.46. The Labute approximate surface area is 139 Å². The summed E-state index contributed by atoms with van der Waals surface area (Å²) in [5.41, 5.74) is 0. The first-order chi connectivity index (χ1) is 11.1. The summed E-state index contributed by atoms with van der Waals surface area (Å²) in [6, 6.07) is 5.83. The Kier molecular flexibility index (Phi) is 5.04. The Bertz CT molecular complexity index is 977. The van der Waals surface area contributed by atoms with E-state index in [-0.39, 0.29) is 29.7 Å². The van der Waals surface area contributed by atoms with Crippen LogP contribution in [-0.4, -0.2) is 39.2 Å². The number of hydrogen-bond donors (Lipinski definition) is 2. The lowest BCUT2D eigenvalue weighted by atomic mass is 10.1. The van der Waals surface area contributed by atoms with Crippen LogP contribution in [0.15, 0.2) is 34.1 Å². The van der Waals surface area contributed by atoms with E-state index >= 15 is 0 Å². The van der Waals surface area contributed by atoms with Gasteiger partial charge in [0.15, 0.2) is 16.4 Å². The predicted molar refractivity (Wildman–Crippen MR) is 85.9 cm³/mol. The minimum atomic E-state index is -5.05. The van der Waals surface area contributed by atoms with Crippen LogP contribution in [0.1, 0.15) is 13.8 Å². The van der Waals surface area contributed by atoms with Gasteiger partial charge in [-0.1, -0.05) is 24.3 Å². The first-order valence-electron chi connectivity index (χ1n) is 6.92. The molecule has 0 atom stereocenters. The van der Waals surface area contributed by atoms with E-state index in [1.54, 1.807) is 19.9 Å². The third-order valence-corrected chi connectivity index (χ3v) is 5.10. The molecule has 0 aliphatic carbocycles. The molecule has 132 valence electrons. The maximum Gasteiger partial charge on any atom is 0.299 e. The van der Waals surface area contributed by atoms with E-state index in [2.05, 4.69) is 0 Å². The maximum absolute atomic E-state index is 11.8. The molecule has 0 bridgehead atoms. The van der Waals surface area contributed by atoms with Gasteiger partial charge in [-0.25, -0.2) is 0 Å². The van der Waals surface area contributed by atoms with Crippen molar-refractivity contribution in [2.45, 2.75) is 23.6 Å². The lowest BCUT2D eigenvalue weighted by molar-refractivity contribution is 0.281. The molecule has 2 aromatic carbocycles. The highest BCUT2D eigenvalue weighted by Crippen LogP contribution is 2.46. The number of fused-ring (bicyclic) bond motifs is 1. The standard InChI is InChI=1S/C14H16O8S2/c1-3-21-11-9-7-5-6-8-10(9)13(23(15,16)17)14(24(18,19)20)12(11)22-4-2/h5-8H,3-4H2,1-2H3,(H,15,16,17)(H,18,19,20). The van der Waals surface area contributed by atoms with Crippen LogP contribution in [0.2, 0.25) is 0 Å². The zero-order chi connectivity index (χ0) is 18.1. The van der Waals surface area contributed by atoms with Crippen molar-refractivity contribution >= 4 is 31.0 Å². The third-order valence-electron chi connectivity index (χ3n) is 3.13. The van der Waals surface area contributed by atoms with Crippen LogP contribution in [0.3, 0.4) is 0 Å². The molecule has 0 radical (unpaired) electrons. The second-order valence-electron chi connectivity index (χ2n) is 4.68. The number of benzene rings is 2. The Morgan fingerprint density at radius 3 is 1.71 bits per heavy atom. The second-order valence-corrected chi connectivity index (χ2v) is 7.40. The molecule has 0 aromatic heterocycles. The van der Waals surface area contributed by atoms with Crippen molar-refractivity contribution in [3.05, 3.63) is 24.3 Å². The van der Waals surface area contributed by atoms with Crippen LogP contribution in [0, 0.1) is 0 Å². The Morgan fingerprint density at radius 2 is 1.25 bits per heavy atom. The Hall–Kier alpha value is -1.88. The molecule has 2 rings (SSSR count). The van der Waals surface area contributed by atoms with Crippen molar-refractivity contribution in [3.8, 4) is 11.5 Å². The van der Waals surface area contributed by atoms with E-state index < -0.39 is 35.8 Å². The predicted octanol–water partition coefficient (Wildman–Crippen LogP) is 2.13. The molecular weight excluding hydrogens is 360 g/mol. The van der Waals surface area contributed by atoms with Gasteiger partial charge in [-0.2, -0.15) is 16.8 Å². The van der Waals surface area contributed by atoms with Crippen molar-refractivity contribution in [3.63, 3.8) is 0 Å². The van der Waals surface area contributed by atoms with Gasteiger partial charge in [-0.15, -0.1) is 0 Å². The van der Waals surface area contributed by atoms with E-state index in [4.69, 9.17) is 9.47 Å². The minimum absolute atomic E-state index is 0.0220. The van der Waals surface area contributed by atoms with Gasteiger partial charge in [-0.05, 0) is 13.8 Å². The average molecular weight is 376 g/mol. The molecule has 2 N–H and O–H groups in total. The van der Waals surface area contributed by atoms with E-state index in [0.29, 0.717) is 0 Å². The van der Waals surface area contributed by atoms with Gasteiger partial charge < -0.3 is 9.47 Å². The summed E-state index contributed by atoms with van der Waals surface area (Å²) in [6.07, 6.45) is 0. The van der Waals surface area contributed by atoms with Crippen molar-refractivity contribution in [1.82, 2.24) is 0 Å². The molecule has 0 amide bonds. The molecule has 0 spiro atoms. The smallest absolute Gasteiger partial charge is 0.299 e. The summed E-state index contributed by atoms with van der Waals surface area (Å²) in [5.74, 6) is -0.497. The van der Waals surface area contributed by atoms with Crippen molar-refractivity contribution in [1.29, 1.82) is 0 Å². The molecule has 10 heteroatoms. The summed E-state index contributed by atoms with van der Waals surface area (Å²) in [4.78, 5) is -2.00. The first kappa shape index (κ1) is 18.5. The number of rotatable bonds is 6. The van der Waals surface area contributed by atoms with Gasteiger partial charge >= 0.3 is 0 Å². The fourth-order valence-corrected chi connectivity index (χ4v) is 4.53. The monoisotopic (exact) mass is 376 g/mol. The largest absolute Gasteiger partial charge is 0.489 e. The Morgan fingerprint density at radius 1 is 0.792 bits per heavy atom. The Balaban J connectivity index is 3.21. The molecule has 0 heterocycles. The van der Waals surface area contributed by atoms with Crippen LogP contribution in [0.5, 0.6) is 11.5 Å². The zero-order valence-corrected chi connectivity index (χ0v) is 14.5. The van der Waals surface area contributed by atoms with Gasteiger partial charge in [-0.3, -0.25) is 9.11 Å². The van der Waals surface area contributed by atoms with Gasteiger partial charge in [0.1, 0.15) is 4.90 Å². The summed E-state index contributed by atoms with van der Waals surface area (Å²) in [7, 11) is -10.0. The van der Waals surface area contributed by atoms with E-state index in [0.717, 1.165) is 0 Å². The molecule has 0 unspecified atom stereocenters. The minimum Gasteiger partial charge on any atom is -0.489 e. The SMILES string of the molecule is CCOc1c(S(=O)(=O)O)c(S(=O)(=O)O)c2ccccc2c1OCC. The maximum atomic E-state index is 11.8. The first-order valence-corrected chi connectivity index (χ1v) is 9.80. The third kappa shape index (κ3) is 3.31. The summed E-state index contributed by atoms with van der Waals surface area (Å²) >= 11 is 0. The quantitative estimate of drug-likeness (QED) is 0.734. The van der Waals surface area contributed by atoms with Crippen LogP contribution in [0.25, 0.3) is 10.8 Å². The summed E-state index contributed by atoms with van der Waals surface area (Å²) < 4.78 is 77.1. The van der Waals surface area contributed by atoms with Crippen LogP contribution < -0.4 is 9.47 Å². The number of ether oxygens (including phenoxy) is 2. The number of hydrogen-bond acceptors (Lipinski definition) is 6. The van der Waals surface area contributed by atoms with Crippen molar-refractivity contribution in [2.75, 3.05) is 13.2 Å². The highest BCUT2D eigenvalue weighted by molar-refractivity contribution is 7.89. The van der Waals surface area contributed by atoms with Gasteiger partial charge in [0.2, 0.25) is 0 Å². The van der Waals surface area contributed by atoms with Crippen LogP contribution >= 0.6 is 0 Å². The molecule has 0 saturated carbocycles. The molecular formula is C14H16O8S2. The van der Waals surface area contributed by atoms with Gasteiger partial charge in [0, 0.05) is 10.8 Å². The lowest BCUT2D eigenvalue weighted by Gasteiger charge is -2.19. The molecule has 0 fully saturated rings. The van der Waals surface area contributed by atoms with Crippen LogP contribution in [-0.2, 0) is 20.2 Å². The zero-order valence-electron chi connectivity index (χ0n) is 12.9. The molecule has 24 heavy (non-hydrogen) atoms. The van der Waals surface area contributed by atoms with E-state index in [1.165, 1.54) is 18.2 Å². The van der Waals surface area contributed by atoms with E-state index in [1.807, 2.05) is 0 Å². The fraction of sp³-hybridized carbons (Fsp3) is 0.286.